The minimum absolute atomic E-state index is 0.0429. The summed E-state index contributed by atoms with van der Waals surface area (Å²) in [5.74, 6) is 1.39. The predicted molar refractivity (Wildman–Crippen MR) is 167 cm³/mol. The molecule has 8 heteroatoms. The van der Waals surface area contributed by atoms with Crippen LogP contribution in [0.15, 0.2) is 40.0 Å². The van der Waals surface area contributed by atoms with Crippen LogP contribution in [-0.2, 0) is 17.8 Å². The topological polar surface area (TPSA) is 69.3 Å². The fourth-order valence-corrected chi connectivity index (χ4v) is 7.78. The van der Waals surface area contributed by atoms with Crippen LogP contribution < -0.4 is 10.5 Å². The van der Waals surface area contributed by atoms with E-state index in [2.05, 4.69) is 48.2 Å². The first kappa shape index (κ1) is 28.6. The number of piperidine rings is 1. The van der Waals surface area contributed by atoms with Crippen molar-refractivity contribution < 1.29 is 4.79 Å². The van der Waals surface area contributed by atoms with E-state index in [9.17, 15) is 14.9 Å². The first-order chi connectivity index (χ1) is 19.4. The third kappa shape index (κ3) is 5.77. The van der Waals surface area contributed by atoms with Gasteiger partial charge in [-0.2, -0.15) is 5.26 Å². The van der Waals surface area contributed by atoms with Gasteiger partial charge in [0.25, 0.3) is 11.5 Å². The van der Waals surface area contributed by atoms with Gasteiger partial charge in [0, 0.05) is 31.2 Å². The largest absolute Gasteiger partial charge is 0.357 e. The Balaban J connectivity index is 1.52. The number of unbranched alkanes of at least 4 members (excludes halogenated alkanes) is 1. The van der Waals surface area contributed by atoms with Crippen LogP contribution in [0.4, 0.5) is 5.82 Å². The van der Waals surface area contributed by atoms with Gasteiger partial charge in [-0.1, -0.05) is 80.5 Å². The van der Waals surface area contributed by atoms with Crippen molar-refractivity contribution in [2.24, 2.45) is 5.92 Å². The molecule has 0 radical (unpaired) electrons. The molecule has 3 heterocycles. The fourth-order valence-electron chi connectivity index (χ4n) is 6.39. The van der Waals surface area contributed by atoms with Crippen LogP contribution in [0.2, 0.25) is 0 Å². The Bertz CT molecular complexity index is 1390. The van der Waals surface area contributed by atoms with Crippen LogP contribution in [0.5, 0.6) is 0 Å². The second-order valence-corrected chi connectivity index (χ2v) is 12.9. The Hall–Kier alpha value is -2.89. The maximum atomic E-state index is 13.6. The van der Waals surface area contributed by atoms with Crippen LogP contribution in [0.25, 0.3) is 6.08 Å². The number of aromatic nitrogens is 1. The van der Waals surface area contributed by atoms with Gasteiger partial charge in [0.2, 0.25) is 0 Å². The molecule has 0 bridgehead atoms. The van der Waals surface area contributed by atoms with Crippen LogP contribution in [0.3, 0.4) is 0 Å². The maximum Gasteiger partial charge on any atom is 0.270 e. The molecule has 1 aromatic heterocycles. The van der Waals surface area contributed by atoms with Gasteiger partial charge >= 0.3 is 0 Å². The van der Waals surface area contributed by atoms with Gasteiger partial charge in [0.15, 0.2) is 0 Å². The van der Waals surface area contributed by atoms with Crippen molar-refractivity contribution in [3.05, 3.63) is 67.8 Å². The number of thioether (sulfide) groups is 1. The summed E-state index contributed by atoms with van der Waals surface area (Å²) in [4.78, 5) is 31.9. The SMILES string of the molecule is CCCCn1c(N2CCC(Cc3ccccc3)CC2)c(/C=C2/SC(=S)N(C3CCCC3)C2=O)c(C)c(C#N)c1=O. The number of hydrogen-bond donors (Lipinski definition) is 0. The average molecular weight is 575 g/mol. The molecule has 1 aliphatic carbocycles. The van der Waals surface area contributed by atoms with Gasteiger partial charge in [0.05, 0.1) is 4.91 Å². The number of nitriles is 1. The van der Waals surface area contributed by atoms with Gasteiger partial charge in [-0.05, 0) is 68.6 Å². The summed E-state index contributed by atoms with van der Waals surface area (Å²) in [5, 5.41) is 9.99. The predicted octanol–water partition coefficient (Wildman–Crippen LogP) is 6.43. The second kappa shape index (κ2) is 12.7. The summed E-state index contributed by atoms with van der Waals surface area (Å²) >= 11 is 7.02. The third-order valence-electron chi connectivity index (χ3n) is 8.65. The van der Waals surface area contributed by atoms with Gasteiger partial charge in [-0.25, -0.2) is 0 Å². The zero-order chi connectivity index (χ0) is 28.2. The van der Waals surface area contributed by atoms with Gasteiger partial charge in [-0.15, -0.1) is 0 Å². The molecule has 1 amide bonds. The van der Waals surface area contributed by atoms with Crippen molar-refractivity contribution in [2.75, 3.05) is 18.0 Å². The second-order valence-electron chi connectivity index (χ2n) is 11.3. The zero-order valence-electron chi connectivity index (χ0n) is 23.5. The van der Waals surface area contributed by atoms with Crippen molar-refractivity contribution in [3.63, 3.8) is 0 Å². The van der Waals surface area contributed by atoms with Crippen molar-refractivity contribution in [3.8, 4) is 6.07 Å². The normalized spacial score (nSPS) is 19.7. The van der Waals surface area contributed by atoms with Crippen LogP contribution in [0.1, 0.15) is 80.5 Å². The fraction of sp³-hybridized carbons (Fsp3) is 0.500. The molecular weight excluding hydrogens is 537 g/mol. The summed E-state index contributed by atoms with van der Waals surface area (Å²) in [7, 11) is 0. The molecule has 0 spiro atoms. The Morgan fingerprint density at radius 2 is 1.80 bits per heavy atom. The first-order valence-corrected chi connectivity index (χ1v) is 15.9. The number of anilines is 1. The summed E-state index contributed by atoms with van der Waals surface area (Å²) in [5.41, 5.74) is 2.75. The monoisotopic (exact) mass is 574 g/mol. The lowest BCUT2D eigenvalue weighted by Gasteiger charge is -2.36. The van der Waals surface area contributed by atoms with Crippen molar-refractivity contribution in [2.45, 2.75) is 84.2 Å². The number of thiocarbonyl (C=S) groups is 1. The molecule has 0 atom stereocenters. The molecule has 0 N–H and O–H groups in total. The summed E-state index contributed by atoms with van der Waals surface area (Å²) < 4.78 is 2.42. The molecule has 2 aromatic rings. The molecular formula is C32H38N4O2S2. The highest BCUT2D eigenvalue weighted by atomic mass is 32.2. The summed E-state index contributed by atoms with van der Waals surface area (Å²) in [6.07, 6.45) is 11.0. The van der Waals surface area contributed by atoms with E-state index in [-0.39, 0.29) is 23.1 Å². The van der Waals surface area contributed by atoms with Gasteiger partial charge < -0.3 is 4.90 Å². The van der Waals surface area contributed by atoms with Gasteiger partial charge in [-0.3, -0.25) is 19.1 Å². The highest BCUT2D eigenvalue weighted by Crippen LogP contribution is 2.40. The lowest BCUT2D eigenvalue weighted by molar-refractivity contribution is -0.123. The molecule has 0 unspecified atom stereocenters. The lowest BCUT2D eigenvalue weighted by atomic mass is 9.90. The summed E-state index contributed by atoms with van der Waals surface area (Å²) in [6, 6.07) is 13.0. The van der Waals surface area contributed by atoms with E-state index >= 15 is 0 Å². The number of nitrogens with zero attached hydrogens (tertiary/aromatic N) is 4. The van der Waals surface area contributed by atoms with Crippen molar-refractivity contribution in [1.82, 2.24) is 9.47 Å². The van der Waals surface area contributed by atoms with Gasteiger partial charge in [0.1, 0.15) is 21.8 Å². The molecule has 2 saturated heterocycles. The van der Waals surface area contributed by atoms with Crippen molar-refractivity contribution in [1.29, 1.82) is 5.26 Å². The molecule has 6 nitrogen and oxygen atoms in total. The Kier molecular flexibility index (Phi) is 9.12. The van der Waals surface area contributed by atoms with Crippen LogP contribution >= 0.6 is 24.0 Å². The van der Waals surface area contributed by atoms with E-state index < -0.39 is 0 Å². The molecule has 1 saturated carbocycles. The zero-order valence-corrected chi connectivity index (χ0v) is 25.2. The smallest absolute Gasteiger partial charge is 0.270 e. The molecule has 2 aliphatic heterocycles. The molecule has 210 valence electrons. The van der Waals surface area contributed by atoms with Crippen molar-refractivity contribution >= 4 is 46.1 Å². The minimum Gasteiger partial charge on any atom is -0.357 e. The number of amides is 1. The van der Waals surface area contributed by atoms with E-state index in [1.807, 2.05) is 13.0 Å². The molecule has 1 aromatic carbocycles. The Labute approximate surface area is 247 Å². The third-order valence-corrected chi connectivity index (χ3v) is 9.98. The number of hydrogen-bond acceptors (Lipinski definition) is 6. The molecule has 3 fully saturated rings. The van der Waals surface area contributed by atoms with E-state index in [1.54, 1.807) is 9.47 Å². The Morgan fingerprint density at radius 1 is 1.10 bits per heavy atom. The van der Waals surface area contributed by atoms with Crippen LogP contribution in [0, 0.1) is 24.2 Å². The highest BCUT2D eigenvalue weighted by Gasteiger charge is 2.38. The number of carbonyl (C=O) groups excluding carboxylic acids is 1. The number of benzene rings is 1. The molecule has 3 aliphatic rings. The quantitative estimate of drug-likeness (QED) is 0.267. The highest BCUT2D eigenvalue weighted by molar-refractivity contribution is 8.26. The average Bonchev–Trinajstić information content (AvgIpc) is 3.58. The Morgan fingerprint density at radius 3 is 2.45 bits per heavy atom. The number of pyridine rings is 1. The summed E-state index contributed by atoms with van der Waals surface area (Å²) in [6.45, 7) is 6.16. The maximum absolute atomic E-state index is 13.6. The van der Waals surface area contributed by atoms with Crippen LogP contribution in [-0.4, -0.2) is 38.8 Å². The van der Waals surface area contributed by atoms with E-state index in [0.717, 1.165) is 82.3 Å². The minimum atomic E-state index is -0.231. The lowest BCUT2D eigenvalue weighted by Crippen LogP contribution is -2.40. The van der Waals surface area contributed by atoms with E-state index in [0.29, 0.717) is 27.3 Å². The number of rotatable bonds is 8. The van der Waals surface area contributed by atoms with E-state index in [1.165, 1.54) is 17.3 Å². The standard InChI is InChI=1S/C32H38N4O2S2/c1-3-4-16-35-29(34-17-14-24(15-18-34)19-23-10-6-5-7-11-23)26(22(2)27(21-33)30(35)37)20-28-31(38)36(32(39)40-28)25-12-8-9-13-25/h5-7,10-11,20,24-25H,3-4,8-9,12-19H2,1-2H3/b28-20+. The van der Waals surface area contributed by atoms with E-state index in [4.69, 9.17) is 12.2 Å². The molecule has 40 heavy (non-hydrogen) atoms. The first-order valence-electron chi connectivity index (χ1n) is 14.7. The number of carbonyl (C=O) groups is 1. The molecule has 5 rings (SSSR count).